The Morgan fingerprint density at radius 2 is 1.04 bits per heavy atom. The molecule has 0 atom stereocenters. The molecule has 124 valence electrons. The van der Waals surface area contributed by atoms with Crippen molar-refractivity contribution < 1.29 is 57.2 Å². The van der Waals surface area contributed by atoms with E-state index in [1.54, 1.807) is 0 Å². The van der Waals surface area contributed by atoms with Crippen LogP contribution in [0.2, 0.25) is 0 Å². The zero-order valence-corrected chi connectivity index (χ0v) is 19.4. The van der Waals surface area contributed by atoms with Gasteiger partial charge in [-0.15, -0.1) is 0 Å². The third-order valence-corrected chi connectivity index (χ3v) is 9.73. The Labute approximate surface area is 174 Å². The Kier molecular flexibility index (Phi) is 8.30. The van der Waals surface area contributed by atoms with Crippen LogP contribution in [0.4, 0.5) is 0 Å². The molecule has 0 aliphatic heterocycles. The summed E-state index contributed by atoms with van der Waals surface area (Å²) in [5.74, 6) is 1.87. The largest absolute Gasteiger partial charge is 1.00 e. The van der Waals surface area contributed by atoms with E-state index in [2.05, 4.69) is 24.3 Å². The summed E-state index contributed by atoms with van der Waals surface area (Å²) in [4.78, 5) is 0. The molecule has 4 aliphatic rings. The van der Waals surface area contributed by atoms with Crippen molar-refractivity contribution in [1.82, 2.24) is 0 Å². The van der Waals surface area contributed by atoms with Crippen molar-refractivity contribution in [1.29, 1.82) is 0 Å². The molecule has 0 nitrogen and oxygen atoms in total. The molecule has 0 N–H and O–H groups in total. The number of halogens is 2. The smallest absolute Gasteiger partial charge is 1.00 e. The van der Waals surface area contributed by atoms with Crippen molar-refractivity contribution in [3.8, 4) is 0 Å². The van der Waals surface area contributed by atoms with Crippen LogP contribution in [0.25, 0.3) is 0 Å². The molecule has 0 radical (unpaired) electrons. The van der Waals surface area contributed by atoms with Gasteiger partial charge in [-0.2, -0.15) is 0 Å². The zero-order chi connectivity index (χ0) is 14.1. The molecule has 4 rings (SSSR count). The van der Waals surface area contributed by atoms with Gasteiger partial charge in [-0.3, -0.25) is 0 Å². The van der Waals surface area contributed by atoms with Gasteiger partial charge in [-0.05, 0) is 0 Å². The minimum absolute atomic E-state index is 0. The van der Waals surface area contributed by atoms with E-state index in [-0.39, 0.29) is 34.0 Å². The molecule has 0 aromatic carbocycles. The molecule has 3 heteroatoms. The maximum atomic E-state index is 2.50. The number of rotatable bonds is 4. The summed E-state index contributed by atoms with van der Waals surface area (Å²) in [5, 5.41) is 0. The second-order valence-electron chi connectivity index (χ2n) is 7.17. The zero-order valence-electron chi connectivity index (χ0n) is 13.8. The fraction of sp³-hybridized carbons (Fsp3) is 0.600. The van der Waals surface area contributed by atoms with Gasteiger partial charge in [0.15, 0.2) is 0 Å². The number of hydrogen-bond donors (Lipinski definition) is 0. The van der Waals surface area contributed by atoms with Crippen LogP contribution in [0.15, 0.2) is 42.0 Å². The Balaban J connectivity index is 0.000000960. The SMILES string of the molecule is C1=CC(C2CCCC2)=[C]([Zr+2][C]2=C(C3CCCC3)C=CC2)C1.[Br-].[Br-]. The molecule has 0 heterocycles. The Bertz CT molecular complexity index is 482. The van der Waals surface area contributed by atoms with Crippen molar-refractivity contribution in [3.63, 3.8) is 0 Å². The van der Waals surface area contributed by atoms with Crippen molar-refractivity contribution in [2.45, 2.75) is 64.2 Å². The van der Waals surface area contributed by atoms with Crippen molar-refractivity contribution in [2.24, 2.45) is 11.8 Å². The standard InChI is InChI=1S/2C10H13.2BrH.Zr/c2*1-2-6-9(5-1)10-7-3-4-8-10;;;/h2*1,5,10H,2-4,7-8H2;2*1H;/q;;;;+2/p-2. The minimum atomic E-state index is -0.486. The van der Waals surface area contributed by atoms with Crippen molar-refractivity contribution in [2.75, 3.05) is 0 Å². The van der Waals surface area contributed by atoms with Crippen molar-refractivity contribution in [3.05, 3.63) is 42.0 Å². The van der Waals surface area contributed by atoms with Gasteiger partial charge in [-0.1, -0.05) is 0 Å². The van der Waals surface area contributed by atoms with Crippen LogP contribution in [0.5, 0.6) is 0 Å². The second-order valence-corrected chi connectivity index (χ2v) is 10.8. The van der Waals surface area contributed by atoms with Gasteiger partial charge in [0, 0.05) is 0 Å². The third kappa shape index (κ3) is 4.51. The van der Waals surface area contributed by atoms with E-state index in [9.17, 15) is 0 Å². The molecular weight excluding hydrogens is 491 g/mol. The Hall–Kier alpha value is 0.803. The molecule has 0 spiro atoms. The number of allylic oxidation sites excluding steroid dienone is 8. The normalized spacial score (nSPS) is 24.3. The molecule has 0 aromatic heterocycles. The summed E-state index contributed by atoms with van der Waals surface area (Å²) < 4.78 is 3.86. The molecular formula is C20H26Br2Zr. The average molecular weight is 517 g/mol. The van der Waals surface area contributed by atoms with E-state index in [0.717, 1.165) is 11.8 Å². The molecule has 0 amide bonds. The van der Waals surface area contributed by atoms with Crippen LogP contribution in [0.1, 0.15) is 64.2 Å². The maximum Gasteiger partial charge on any atom is -1.00 e. The van der Waals surface area contributed by atoms with Gasteiger partial charge in [-0.25, -0.2) is 0 Å². The molecule has 4 aliphatic carbocycles. The fourth-order valence-electron chi connectivity index (χ4n) is 4.71. The monoisotopic (exact) mass is 514 g/mol. The quantitative estimate of drug-likeness (QED) is 0.489. The third-order valence-electron chi connectivity index (χ3n) is 5.83. The average Bonchev–Trinajstić information content (AvgIpc) is 3.28. The van der Waals surface area contributed by atoms with Crippen LogP contribution < -0.4 is 34.0 Å². The fourth-order valence-corrected chi connectivity index (χ4v) is 8.81. The van der Waals surface area contributed by atoms with Crippen LogP contribution in [-0.2, 0) is 23.2 Å². The summed E-state index contributed by atoms with van der Waals surface area (Å²) in [6, 6.07) is 0. The minimum Gasteiger partial charge on any atom is -1.00 e. The van der Waals surface area contributed by atoms with Crippen LogP contribution in [0, 0.1) is 11.8 Å². The summed E-state index contributed by atoms with van der Waals surface area (Å²) in [5.41, 5.74) is 3.62. The van der Waals surface area contributed by atoms with E-state index in [1.807, 2.05) is 17.7 Å². The van der Waals surface area contributed by atoms with E-state index < -0.39 is 23.2 Å². The Morgan fingerprint density at radius 1 is 0.652 bits per heavy atom. The predicted octanol–water partition coefficient (Wildman–Crippen LogP) is -0.115. The van der Waals surface area contributed by atoms with Crippen LogP contribution in [-0.4, -0.2) is 0 Å². The number of hydrogen-bond acceptors (Lipinski definition) is 0. The first-order valence-corrected chi connectivity index (χ1v) is 11.4. The van der Waals surface area contributed by atoms with Crippen LogP contribution in [0.3, 0.4) is 0 Å². The molecule has 2 saturated carbocycles. The van der Waals surface area contributed by atoms with Gasteiger partial charge >= 0.3 is 141 Å². The van der Waals surface area contributed by atoms with Crippen molar-refractivity contribution >= 4 is 0 Å². The molecule has 0 aromatic rings. The predicted molar refractivity (Wildman–Crippen MR) is 85.5 cm³/mol. The first-order chi connectivity index (χ1) is 10.4. The van der Waals surface area contributed by atoms with E-state index in [0.29, 0.717) is 0 Å². The maximum absolute atomic E-state index is 2.50. The first-order valence-electron chi connectivity index (χ1n) is 8.98. The van der Waals surface area contributed by atoms with Crippen LogP contribution >= 0.6 is 0 Å². The molecule has 23 heavy (non-hydrogen) atoms. The van der Waals surface area contributed by atoms with Gasteiger partial charge in [0.05, 0.1) is 0 Å². The molecule has 0 unspecified atom stereocenters. The Morgan fingerprint density at radius 3 is 1.43 bits per heavy atom. The summed E-state index contributed by atoms with van der Waals surface area (Å²) in [6.07, 6.45) is 24.3. The van der Waals surface area contributed by atoms with Gasteiger partial charge < -0.3 is 34.0 Å². The first kappa shape index (κ1) is 20.1. The van der Waals surface area contributed by atoms with Gasteiger partial charge in [0.2, 0.25) is 0 Å². The van der Waals surface area contributed by atoms with E-state index >= 15 is 0 Å². The topological polar surface area (TPSA) is 0 Å². The van der Waals surface area contributed by atoms with Gasteiger partial charge in [0.25, 0.3) is 0 Å². The summed E-state index contributed by atoms with van der Waals surface area (Å²) in [6.45, 7) is 0. The van der Waals surface area contributed by atoms with Gasteiger partial charge in [0.1, 0.15) is 0 Å². The molecule has 0 bridgehead atoms. The summed E-state index contributed by atoms with van der Waals surface area (Å²) in [7, 11) is 0. The second kappa shape index (κ2) is 9.49. The molecule has 2 fully saturated rings. The molecule has 0 saturated heterocycles. The van der Waals surface area contributed by atoms with E-state index in [1.165, 1.54) is 64.2 Å². The summed E-state index contributed by atoms with van der Waals surface area (Å²) >= 11 is -0.486. The van der Waals surface area contributed by atoms with E-state index in [4.69, 9.17) is 0 Å².